The maximum atomic E-state index is 10.2. The first kappa shape index (κ1) is 4.66. The van der Waals surface area contributed by atoms with E-state index in [1.54, 1.807) is 5.82 Å². The molecular weight excluding hydrogens is 111 g/mol. The number of carbonyl (C=O) groups excluding carboxylic acids is 2. The number of hydrogen-bond acceptors (Lipinski definition) is 2. The van der Waals surface area contributed by atoms with E-state index in [-0.39, 0.29) is 19.9 Å². The molecular formula is C4H3O2P. The zero-order valence-electron chi connectivity index (χ0n) is 3.47. The molecule has 1 atom stereocenters. The summed E-state index contributed by atoms with van der Waals surface area (Å²) in [5.74, 6) is 1.25. The van der Waals surface area contributed by atoms with Crippen LogP contribution < -0.4 is 0 Å². The van der Waals surface area contributed by atoms with Crippen molar-refractivity contribution in [1.29, 1.82) is 0 Å². The van der Waals surface area contributed by atoms with Gasteiger partial charge in [-0.3, -0.25) is 9.59 Å². The first-order chi connectivity index (χ1) is 3.30. The molecule has 0 aromatic heterocycles. The van der Waals surface area contributed by atoms with Crippen molar-refractivity contribution in [3.8, 4) is 0 Å². The average molecular weight is 114 g/mol. The highest BCUT2D eigenvalue weighted by Crippen LogP contribution is 2.19. The first-order valence-electron chi connectivity index (χ1n) is 1.82. The molecule has 0 fully saturated rings. The second-order valence-corrected chi connectivity index (χ2v) is 2.25. The van der Waals surface area contributed by atoms with Crippen molar-refractivity contribution in [3.63, 3.8) is 0 Å². The fourth-order valence-corrected chi connectivity index (χ4v) is 0.952. The Morgan fingerprint density at radius 1 is 1.43 bits per heavy atom. The third-order valence-electron chi connectivity index (χ3n) is 0.673. The van der Waals surface area contributed by atoms with Gasteiger partial charge >= 0.3 is 0 Å². The average Bonchev–Trinajstić information content (AvgIpc) is 1.91. The van der Waals surface area contributed by atoms with E-state index >= 15 is 0 Å². The highest BCUT2D eigenvalue weighted by molar-refractivity contribution is 7.65. The van der Waals surface area contributed by atoms with Crippen LogP contribution in [0.1, 0.15) is 0 Å². The Balaban J connectivity index is 2.81. The van der Waals surface area contributed by atoms with E-state index in [0.717, 1.165) is 0 Å². The Labute approximate surface area is 42.4 Å². The molecule has 1 aliphatic rings. The summed E-state index contributed by atoms with van der Waals surface area (Å²) < 4.78 is 0. The third kappa shape index (κ3) is 0.751. The summed E-state index contributed by atoms with van der Waals surface area (Å²) in [5.41, 5.74) is -0.264. The van der Waals surface area contributed by atoms with Crippen LogP contribution in [0, 0.1) is 0 Å². The number of hydrogen-bond donors (Lipinski definition) is 0. The van der Waals surface area contributed by atoms with Crippen LogP contribution in [0.2, 0.25) is 0 Å². The monoisotopic (exact) mass is 114 g/mol. The predicted octanol–water partition coefficient (Wildman–Crippen LogP) is 0.288. The molecule has 0 bridgehead atoms. The number of rotatable bonds is 0. The second-order valence-electron chi connectivity index (χ2n) is 1.17. The van der Waals surface area contributed by atoms with Crippen LogP contribution >= 0.6 is 8.58 Å². The van der Waals surface area contributed by atoms with Crippen molar-refractivity contribution in [2.45, 2.75) is 0 Å². The largest absolute Gasteiger partial charge is 0.286 e. The van der Waals surface area contributed by atoms with Crippen molar-refractivity contribution in [2.75, 3.05) is 0 Å². The van der Waals surface area contributed by atoms with Crippen LogP contribution in [0.5, 0.6) is 0 Å². The van der Waals surface area contributed by atoms with E-state index in [4.69, 9.17) is 0 Å². The Morgan fingerprint density at radius 2 is 2.14 bits per heavy atom. The molecule has 0 radical (unpaired) electrons. The van der Waals surface area contributed by atoms with E-state index in [0.29, 0.717) is 0 Å². The summed E-state index contributed by atoms with van der Waals surface area (Å²) >= 11 is 0. The fraction of sp³-hybridized carbons (Fsp3) is 0. The topological polar surface area (TPSA) is 34.1 Å². The summed E-state index contributed by atoms with van der Waals surface area (Å²) in [4.78, 5) is 20.3. The van der Waals surface area contributed by atoms with E-state index < -0.39 is 0 Å². The minimum Gasteiger partial charge on any atom is -0.286 e. The van der Waals surface area contributed by atoms with Gasteiger partial charge in [0, 0.05) is 0 Å². The Hall–Kier alpha value is -0.490. The summed E-state index contributed by atoms with van der Waals surface area (Å²) in [6.07, 6.45) is 1.32. The molecule has 36 valence electrons. The van der Waals surface area contributed by atoms with Gasteiger partial charge in [-0.25, -0.2) is 0 Å². The number of carbonyl (C=O) groups is 2. The van der Waals surface area contributed by atoms with Gasteiger partial charge in [0.25, 0.3) is 0 Å². The molecule has 1 rings (SSSR count). The second kappa shape index (κ2) is 1.55. The normalized spacial score (nSPS) is 22.3. The molecule has 0 aromatic rings. The number of allylic oxidation sites excluding steroid dienone is 1. The molecule has 2 nitrogen and oxygen atoms in total. The van der Waals surface area contributed by atoms with Crippen molar-refractivity contribution >= 4 is 19.9 Å². The van der Waals surface area contributed by atoms with E-state index in [9.17, 15) is 9.59 Å². The van der Waals surface area contributed by atoms with Gasteiger partial charge in [0.2, 0.25) is 11.3 Å². The highest BCUT2D eigenvalue weighted by Gasteiger charge is 2.12. The molecule has 0 saturated carbocycles. The summed E-state index contributed by atoms with van der Waals surface area (Å²) in [5, 5.41) is 0. The lowest BCUT2D eigenvalue weighted by molar-refractivity contribution is -0.128. The SMILES string of the molecule is O=C1C=CPC1=O. The third-order valence-corrected chi connectivity index (χ3v) is 1.51. The Bertz CT molecular complexity index is 148. The lowest BCUT2D eigenvalue weighted by atomic mass is 10.4. The molecule has 7 heavy (non-hydrogen) atoms. The fourth-order valence-electron chi connectivity index (χ4n) is 0.340. The van der Waals surface area contributed by atoms with Gasteiger partial charge in [0.05, 0.1) is 0 Å². The van der Waals surface area contributed by atoms with Gasteiger partial charge in [0.1, 0.15) is 0 Å². The van der Waals surface area contributed by atoms with Crippen molar-refractivity contribution in [3.05, 3.63) is 11.9 Å². The van der Waals surface area contributed by atoms with Crippen molar-refractivity contribution in [1.82, 2.24) is 0 Å². The minimum absolute atomic E-state index is 0.0938. The van der Waals surface area contributed by atoms with Crippen LogP contribution in [0.25, 0.3) is 0 Å². The quantitative estimate of drug-likeness (QED) is 0.335. The Kier molecular flexibility index (Phi) is 1.03. The maximum absolute atomic E-state index is 10.2. The van der Waals surface area contributed by atoms with E-state index in [2.05, 4.69) is 0 Å². The standard InChI is InChI=1S/C4H3O2P/c5-3-1-2-7-4(3)6/h1-2,7H. The molecule has 0 aliphatic carbocycles. The van der Waals surface area contributed by atoms with Crippen LogP contribution in [-0.4, -0.2) is 11.3 Å². The molecule has 3 heteroatoms. The molecule has 1 heterocycles. The van der Waals surface area contributed by atoms with Crippen molar-refractivity contribution < 1.29 is 9.59 Å². The van der Waals surface area contributed by atoms with Gasteiger partial charge in [-0.15, -0.1) is 0 Å². The predicted molar refractivity (Wildman–Crippen MR) is 27.5 cm³/mol. The Morgan fingerprint density at radius 3 is 2.29 bits per heavy atom. The number of ketones is 1. The summed E-state index contributed by atoms with van der Waals surface area (Å²) in [6.45, 7) is 0. The molecule has 0 N–H and O–H groups in total. The molecule has 0 aromatic carbocycles. The van der Waals surface area contributed by atoms with Gasteiger partial charge in [-0.2, -0.15) is 0 Å². The molecule has 0 saturated heterocycles. The highest BCUT2D eigenvalue weighted by atomic mass is 31.1. The van der Waals surface area contributed by atoms with Crippen LogP contribution in [0.3, 0.4) is 0 Å². The molecule has 1 aliphatic heterocycles. The lowest BCUT2D eigenvalue weighted by Gasteiger charge is -1.73. The van der Waals surface area contributed by atoms with Gasteiger partial charge in [-0.05, 0) is 14.7 Å². The maximum Gasteiger partial charge on any atom is 0.225 e. The minimum atomic E-state index is -0.349. The van der Waals surface area contributed by atoms with Crippen LogP contribution in [-0.2, 0) is 9.59 Å². The first-order valence-corrected chi connectivity index (χ1v) is 2.90. The van der Waals surface area contributed by atoms with Gasteiger partial charge in [0.15, 0.2) is 0 Å². The van der Waals surface area contributed by atoms with Crippen molar-refractivity contribution in [2.24, 2.45) is 0 Å². The molecule has 0 amide bonds. The van der Waals surface area contributed by atoms with Crippen LogP contribution in [0.15, 0.2) is 11.9 Å². The summed E-state index contributed by atoms with van der Waals surface area (Å²) in [6, 6.07) is 0. The van der Waals surface area contributed by atoms with E-state index in [1.807, 2.05) is 0 Å². The molecule has 0 spiro atoms. The van der Waals surface area contributed by atoms with Crippen LogP contribution in [0.4, 0.5) is 0 Å². The van der Waals surface area contributed by atoms with E-state index in [1.165, 1.54) is 6.08 Å². The smallest absolute Gasteiger partial charge is 0.225 e. The van der Waals surface area contributed by atoms with Gasteiger partial charge in [-0.1, -0.05) is 5.82 Å². The zero-order chi connectivity index (χ0) is 5.28. The van der Waals surface area contributed by atoms with Gasteiger partial charge < -0.3 is 0 Å². The zero-order valence-corrected chi connectivity index (χ0v) is 4.47. The molecule has 1 unspecified atom stereocenters. The lowest BCUT2D eigenvalue weighted by Crippen LogP contribution is -1.97. The summed E-state index contributed by atoms with van der Waals surface area (Å²) in [7, 11) is 0.0938.